The van der Waals surface area contributed by atoms with E-state index in [9.17, 15) is 0 Å². The lowest BCUT2D eigenvalue weighted by Gasteiger charge is -2.32. The molecular weight excluding hydrogens is 170 g/mol. The number of allylic oxidation sites excluding steroid dienone is 2. The second-order valence-corrected chi connectivity index (χ2v) is 4.94. The van der Waals surface area contributed by atoms with Gasteiger partial charge in [0.25, 0.3) is 0 Å². The molecule has 0 aromatic carbocycles. The summed E-state index contributed by atoms with van der Waals surface area (Å²) in [4.78, 5) is 0. The summed E-state index contributed by atoms with van der Waals surface area (Å²) in [6, 6.07) is 0.473. The standard InChI is InChI=1S/C13H19N/c1-10(2)8-11-9-14-12-6-4-5-7-13(11,12)3/h4-7,9-10,12,14H,8H2,1-3H3. The van der Waals surface area contributed by atoms with Crippen molar-refractivity contribution < 1.29 is 0 Å². The molecule has 0 amide bonds. The van der Waals surface area contributed by atoms with E-state index in [1.54, 1.807) is 0 Å². The molecule has 0 aromatic heterocycles. The van der Waals surface area contributed by atoms with Crippen molar-refractivity contribution in [3.8, 4) is 0 Å². The van der Waals surface area contributed by atoms with E-state index in [1.165, 1.54) is 12.0 Å². The number of rotatable bonds is 2. The van der Waals surface area contributed by atoms with Gasteiger partial charge in [0, 0.05) is 5.41 Å². The van der Waals surface area contributed by atoms with E-state index in [2.05, 4.69) is 56.6 Å². The normalized spacial score (nSPS) is 34.3. The van der Waals surface area contributed by atoms with Gasteiger partial charge in [0.15, 0.2) is 0 Å². The van der Waals surface area contributed by atoms with Crippen LogP contribution in [0.1, 0.15) is 27.2 Å². The van der Waals surface area contributed by atoms with Gasteiger partial charge in [-0.1, -0.05) is 38.2 Å². The molecule has 1 N–H and O–H groups in total. The van der Waals surface area contributed by atoms with Gasteiger partial charge in [0.05, 0.1) is 6.04 Å². The Labute approximate surface area is 86.6 Å². The van der Waals surface area contributed by atoms with Crippen molar-refractivity contribution in [2.24, 2.45) is 11.3 Å². The van der Waals surface area contributed by atoms with Crippen molar-refractivity contribution in [2.45, 2.75) is 33.2 Å². The second kappa shape index (κ2) is 3.30. The van der Waals surface area contributed by atoms with E-state index in [4.69, 9.17) is 0 Å². The summed E-state index contributed by atoms with van der Waals surface area (Å²) < 4.78 is 0. The highest BCUT2D eigenvalue weighted by Crippen LogP contribution is 2.41. The third-order valence-corrected chi connectivity index (χ3v) is 3.26. The van der Waals surface area contributed by atoms with Gasteiger partial charge in [0.2, 0.25) is 0 Å². The topological polar surface area (TPSA) is 12.0 Å². The van der Waals surface area contributed by atoms with Gasteiger partial charge in [-0.2, -0.15) is 0 Å². The van der Waals surface area contributed by atoms with Gasteiger partial charge in [-0.15, -0.1) is 0 Å². The van der Waals surface area contributed by atoms with E-state index in [1.807, 2.05) is 0 Å². The lowest BCUT2D eigenvalue weighted by atomic mass is 9.73. The predicted molar refractivity (Wildman–Crippen MR) is 60.8 cm³/mol. The Balaban J connectivity index is 2.21. The minimum atomic E-state index is 0.221. The summed E-state index contributed by atoms with van der Waals surface area (Å²) in [6.45, 7) is 6.88. The first-order valence-electron chi connectivity index (χ1n) is 5.44. The molecule has 1 heterocycles. The SMILES string of the molecule is CC(C)CC1=CNC2C=CC=CC12C. The van der Waals surface area contributed by atoms with Crippen LogP contribution in [-0.2, 0) is 0 Å². The number of fused-ring (bicyclic) bond motifs is 1. The van der Waals surface area contributed by atoms with Gasteiger partial charge in [-0.25, -0.2) is 0 Å². The van der Waals surface area contributed by atoms with Crippen molar-refractivity contribution in [1.82, 2.24) is 5.32 Å². The molecule has 0 radical (unpaired) electrons. The fourth-order valence-electron chi connectivity index (χ4n) is 2.33. The molecule has 0 aromatic rings. The number of hydrogen-bond donors (Lipinski definition) is 1. The highest BCUT2D eigenvalue weighted by Gasteiger charge is 2.38. The predicted octanol–water partition coefficient (Wildman–Crippen LogP) is 3.02. The zero-order valence-electron chi connectivity index (χ0n) is 9.25. The molecular formula is C13H19N. The van der Waals surface area contributed by atoms with Crippen LogP contribution >= 0.6 is 0 Å². The quantitative estimate of drug-likeness (QED) is 0.704. The molecule has 1 aliphatic heterocycles. The monoisotopic (exact) mass is 189 g/mol. The third kappa shape index (κ3) is 1.41. The van der Waals surface area contributed by atoms with Crippen molar-refractivity contribution in [1.29, 1.82) is 0 Å². The third-order valence-electron chi connectivity index (χ3n) is 3.26. The van der Waals surface area contributed by atoms with Crippen molar-refractivity contribution >= 4 is 0 Å². The summed E-state index contributed by atoms with van der Waals surface area (Å²) >= 11 is 0. The Morgan fingerprint density at radius 1 is 1.43 bits per heavy atom. The number of nitrogens with one attached hydrogen (secondary N) is 1. The highest BCUT2D eigenvalue weighted by molar-refractivity contribution is 5.37. The highest BCUT2D eigenvalue weighted by atomic mass is 14.9. The average Bonchev–Trinajstić information content (AvgIpc) is 2.43. The summed E-state index contributed by atoms with van der Waals surface area (Å²) in [5.41, 5.74) is 1.76. The molecule has 14 heavy (non-hydrogen) atoms. The van der Waals surface area contributed by atoms with Crippen molar-refractivity contribution in [3.05, 3.63) is 36.1 Å². The van der Waals surface area contributed by atoms with Gasteiger partial charge in [-0.3, -0.25) is 0 Å². The van der Waals surface area contributed by atoms with E-state index in [-0.39, 0.29) is 5.41 Å². The van der Waals surface area contributed by atoms with E-state index in [0.717, 1.165) is 5.92 Å². The molecule has 2 aliphatic rings. The van der Waals surface area contributed by atoms with Gasteiger partial charge in [0.1, 0.15) is 0 Å². The number of hydrogen-bond acceptors (Lipinski definition) is 1. The molecule has 0 fully saturated rings. The second-order valence-electron chi connectivity index (χ2n) is 4.94. The van der Waals surface area contributed by atoms with Crippen molar-refractivity contribution in [3.63, 3.8) is 0 Å². The minimum Gasteiger partial charge on any atom is -0.383 e. The molecule has 1 nitrogen and oxygen atoms in total. The zero-order valence-corrected chi connectivity index (χ0v) is 9.25. The maximum absolute atomic E-state index is 3.45. The van der Waals surface area contributed by atoms with Gasteiger partial charge < -0.3 is 5.32 Å². The molecule has 1 heteroatoms. The summed E-state index contributed by atoms with van der Waals surface area (Å²) in [5.74, 6) is 0.734. The first kappa shape index (κ1) is 9.57. The van der Waals surface area contributed by atoms with E-state index < -0.39 is 0 Å². The summed E-state index contributed by atoms with van der Waals surface area (Å²) in [6.07, 6.45) is 12.3. The molecule has 2 rings (SSSR count). The van der Waals surface area contributed by atoms with E-state index in [0.29, 0.717) is 6.04 Å². The van der Waals surface area contributed by atoms with Crippen LogP contribution in [0, 0.1) is 11.3 Å². The molecule has 0 saturated heterocycles. The minimum absolute atomic E-state index is 0.221. The first-order chi connectivity index (χ1) is 6.63. The molecule has 2 unspecified atom stereocenters. The lowest BCUT2D eigenvalue weighted by Crippen LogP contribution is -2.34. The average molecular weight is 189 g/mol. The van der Waals surface area contributed by atoms with Crippen molar-refractivity contribution in [2.75, 3.05) is 0 Å². The molecule has 0 saturated carbocycles. The first-order valence-corrected chi connectivity index (χ1v) is 5.44. The Hall–Kier alpha value is -0.980. The zero-order chi connectivity index (χ0) is 10.2. The van der Waals surface area contributed by atoms with Gasteiger partial charge >= 0.3 is 0 Å². The van der Waals surface area contributed by atoms with Crippen LogP contribution in [0.3, 0.4) is 0 Å². The van der Waals surface area contributed by atoms with Crippen LogP contribution in [-0.4, -0.2) is 6.04 Å². The fourth-order valence-corrected chi connectivity index (χ4v) is 2.33. The smallest absolute Gasteiger partial charge is 0.0568 e. The van der Waals surface area contributed by atoms with Gasteiger partial charge in [-0.05, 0) is 31.0 Å². The van der Waals surface area contributed by atoms with Crippen LogP contribution in [0.2, 0.25) is 0 Å². The van der Waals surface area contributed by atoms with Crippen LogP contribution in [0.25, 0.3) is 0 Å². The molecule has 76 valence electrons. The Morgan fingerprint density at radius 2 is 2.21 bits per heavy atom. The largest absolute Gasteiger partial charge is 0.383 e. The maximum Gasteiger partial charge on any atom is 0.0568 e. The van der Waals surface area contributed by atoms with Crippen LogP contribution in [0.4, 0.5) is 0 Å². The molecule has 0 spiro atoms. The van der Waals surface area contributed by atoms with Crippen LogP contribution < -0.4 is 5.32 Å². The summed E-state index contributed by atoms with van der Waals surface area (Å²) in [5, 5.41) is 3.45. The van der Waals surface area contributed by atoms with E-state index >= 15 is 0 Å². The molecule has 0 bridgehead atoms. The Bertz CT molecular complexity index is 309. The maximum atomic E-state index is 3.45. The fraction of sp³-hybridized carbons (Fsp3) is 0.538. The molecule has 2 atom stereocenters. The van der Waals surface area contributed by atoms with Crippen LogP contribution in [0.5, 0.6) is 0 Å². The van der Waals surface area contributed by atoms with Crippen LogP contribution in [0.15, 0.2) is 36.1 Å². The Morgan fingerprint density at radius 3 is 2.93 bits per heavy atom. The lowest BCUT2D eigenvalue weighted by molar-refractivity contribution is 0.424. The molecule has 1 aliphatic carbocycles. The Kier molecular flexibility index (Phi) is 2.26. The summed E-state index contributed by atoms with van der Waals surface area (Å²) in [7, 11) is 0.